The lowest BCUT2D eigenvalue weighted by atomic mass is 10.0. The van der Waals surface area contributed by atoms with Gasteiger partial charge in [-0.05, 0) is 32.9 Å². The zero-order chi connectivity index (χ0) is 24.9. The number of hydrogen-bond donors (Lipinski definition) is 2. The first kappa shape index (κ1) is 23.4. The maximum absolute atomic E-state index is 14.5. The Balaban J connectivity index is 1.44. The van der Waals surface area contributed by atoms with E-state index in [0.29, 0.717) is 12.2 Å². The standard InChI is InChI=1S/C22H23F5N8/c1-11-17(23)19(25)32-20(18(11)24)30-16-7-15(29-21(31-16)35-9-22(26,27)10-35)13-4-6-34(8-13)12(2)14-3-5-28-33-14/h3,5,7,12-13H,4,6,8-10H2,1-2H3,(H,28,33)(H,29,30,31,32). The van der Waals surface area contributed by atoms with E-state index in [-0.39, 0.29) is 23.7 Å². The maximum atomic E-state index is 14.5. The van der Waals surface area contributed by atoms with E-state index in [9.17, 15) is 22.0 Å². The van der Waals surface area contributed by atoms with Crippen molar-refractivity contribution < 1.29 is 22.0 Å². The third kappa shape index (κ3) is 4.51. The lowest BCUT2D eigenvalue weighted by Crippen LogP contribution is -2.57. The first-order chi connectivity index (χ1) is 16.6. The topological polar surface area (TPSA) is 85.9 Å². The number of H-pyrrole nitrogens is 1. The molecule has 2 aliphatic heterocycles. The fourth-order valence-electron chi connectivity index (χ4n) is 4.42. The molecule has 2 atom stereocenters. The summed E-state index contributed by atoms with van der Waals surface area (Å²) in [6.45, 7) is 3.45. The van der Waals surface area contributed by atoms with Crippen LogP contribution in [0, 0.1) is 24.5 Å². The molecular weight excluding hydrogens is 471 g/mol. The van der Waals surface area contributed by atoms with Crippen LogP contribution in [0.15, 0.2) is 18.3 Å². The Hall–Kier alpha value is -3.35. The molecule has 0 amide bonds. The number of aromatic nitrogens is 5. The average Bonchev–Trinajstić information content (AvgIpc) is 3.51. The van der Waals surface area contributed by atoms with E-state index in [0.717, 1.165) is 25.6 Å². The van der Waals surface area contributed by atoms with Crippen molar-refractivity contribution in [2.75, 3.05) is 36.4 Å². The molecule has 0 spiro atoms. The van der Waals surface area contributed by atoms with E-state index < -0.39 is 48.0 Å². The van der Waals surface area contributed by atoms with Gasteiger partial charge < -0.3 is 10.2 Å². The molecule has 13 heteroatoms. The highest BCUT2D eigenvalue weighted by atomic mass is 19.3. The highest BCUT2D eigenvalue weighted by Crippen LogP contribution is 2.36. The number of nitrogens with one attached hydrogen (secondary N) is 2. The molecule has 5 heterocycles. The summed E-state index contributed by atoms with van der Waals surface area (Å²) < 4.78 is 69.0. The van der Waals surface area contributed by atoms with Crippen molar-refractivity contribution in [1.82, 2.24) is 30.0 Å². The summed E-state index contributed by atoms with van der Waals surface area (Å²) in [4.78, 5) is 15.6. The molecule has 2 unspecified atom stereocenters. The molecule has 2 fully saturated rings. The second-order valence-corrected chi connectivity index (χ2v) is 8.97. The van der Waals surface area contributed by atoms with E-state index in [1.54, 1.807) is 12.3 Å². The van der Waals surface area contributed by atoms with Gasteiger partial charge in [-0.15, -0.1) is 0 Å². The van der Waals surface area contributed by atoms with Gasteiger partial charge in [-0.25, -0.2) is 22.5 Å². The third-order valence-electron chi connectivity index (χ3n) is 6.50. The van der Waals surface area contributed by atoms with Crippen LogP contribution in [-0.2, 0) is 0 Å². The number of pyridine rings is 1. The fourth-order valence-corrected chi connectivity index (χ4v) is 4.42. The van der Waals surface area contributed by atoms with Gasteiger partial charge in [-0.2, -0.15) is 19.5 Å². The molecule has 2 N–H and O–H groups in total. The molecule has 2 aliphatic rings. The van der Waals surface area contributed by atoms with Gasteiger partial charge in [0.2, 0.25) is 5.95 Å². The van der Waals surface area contributed by atoms with Gasteiger partial charge in [0.05, 0.1) is 30.5 Å². The minimum absolute atomic E-state index is 0.0504. The highest BCUT2D eigenvalue weighted by molar-refractivity contribution is 5.56. The van der Waals surface area contributed by atoms with Gasteiger partial charge >= 0.3 is 0 Å². The number of halogens is 5. The maximum Gasteiger partial charge on any atom is 0.282 e. The number of anilines is 3. The van der Waals surface area contributed by atoms with E-state index in [1.807, 2.05) is 13.0 Å². The highest BCUT2D eigenvalue weighted by Gasteiger charge is 2.45. The van der Waals surface area contributed by atoms with Gasteiger partial charge in [0.1, 0.15) is 5.82 Å². The Morgan fingerprint density at radius 3 is 2.60 bits per heavy atom. The molecule has 35 heavy (non-hydrogen) atoms. The number of likely N-dealkylation sites (tertiary alicyclic amines) is 1. The number of hydrogen-bond acceptors (Lipinski definition) is 7. The van der Waals surface area contributed by atoms with Crippen LogP contribution in [0.5, 0.6) is 0 Å². The first-order valence-electron chi connectivity index (χ1n) is 11.1. The largest absolute Gasteiger partial charge is 0.329 e. The van der Waals surface area contributed by atoms with Crippen molar-refractivity contribution in [3.8, 4) is 0 Å². The van der Waals surface area contributed by atoms with Crippen LogP contribution in [0.25, 0.3) is 0 Å². The van der Waals surface area contributed by atoms with Gasteiger partial charge in [0, 0.05) is 30.3 Å². The minimum atomic E-state index is -2.85. The van der Waals surface area contributed by atoms with Crippen LogP contribution in [0.1, 0.15) is 42.3 Å². The van der Waals surface area contributed by atoms with E-state index in [2.05, 4.69) is 35.4 Å². The number of rotatable bonds is 6. The summed E-state index contributed by atoms with van der Waals surface area (Å²) in [6.07, 6.45) is 2.50. The summed E-state index contributed by atoms with van der Waals surface area (Å²) in [5.74, 6) is -7.25. The summed E-state index contributed by atoms with van der Waals surface area (Å²) >= 11 is 0. The monoisotopic (exact) mass is 494 g/mol. The minimum Gasteiger partial charge on any atom is -0.329 e. The molecule has 3 aromatic rings. The fraction of sp³-hybridized carbons (Fsp3) is 0.455. The average molecular weight is 494 g/mol. The van der Waals surface area contributed by atoms with Gasteiger partial charge in [0.25, 0.3) is 11.9 Å². The normalized spacial score (nSPS) is 20.7. The molecule has 2 saturated heterocycles. The van der Waals surface area contributed by atoms with E-state index in [1.165, 1.54) is 4.90 Å². The van der Waals surface area contributed by atoms with Gasteiger partial charge in [-0.3, -0.25) is 10.00 Å². The number of aromatic amines is 1. The van der Waals surface area contributed by atoms with Crippen LogP contribution >= 0.6 is 0 Å². The Labute approximate surface area is 197 Å². The van der Waals surface area contributed by atoms with Crippen molar-refractivity contribution >= 4 is 17.6 Å². The van der Waals surface area contributed by atoms with Crippen LogP contribution in [0.3, 0.4) is 0 Å². The second-order valence-electron chi connectivity index (χ2n) is 8.97. The van der Waals surface area contributed by atoms with Crippen LogP contribution in [0.4, 0.5) is 39.5 Å². The molecule has 186 valence electrons. The smallest absolute Gasteiger partial charge is 0.282 e. The molecule has 0 aliphatic carbocycles. The van der Waals surface area contributed by atoms with Crippen molar-refractivity contribution in [3.63, 3.8) is 0 Å². The second kappa shape index (κ2) is 8.70. The zero-order valence-electron chi connectivity index (χ0n) is 19.0. The van der Waals surface area contributed by atoms with Gasteiger partial charge in [-0.1, -0.05) is 0 Å². The summed E-state index contributed by atoms with van der Waals surface area (Å²) in [5.41, 5.74) is 0.939. The molecule has 3 aromatic heterocycles. The van der Waals surface area contributed by atoms with Crippen LogP contribution in [-0.4, -0.2) is 62.2 Å². The number of alkyl halides is 2. The third-order valence-corrected chi connectivity index (χ3v) is 6.50. The molecule has 8 nitrogen and oxygen atoms in total. The van der Waals surface area contributed by atoms with Crippen molar-refractivity contribution in [3.05, 3.63) is 52.9 Å². The lowest BCUT2D eigenvalue weighted by molar-refractivity contribution is -0.0271. The quantitative estimate of drug-likeness (QED) is 0.395. The predicted molar refractivity (Wildman–Crippen MR) is 117 cm³/mol. The first-order valence-corrected chi connectivity index (χ1v) is 11.1. The summed E-state index contributed by atoms with van der Waals surface area (Å²) in [6, 6.07) is 3.52. The van der Waals surface area contributed by atoms with Crippen molar-refractivity contribution in [2.45, 2.75) is 38.2 Å². The Morgan fingerprint density at radius 1 is 1.14 bits per heavy atom. The molecular formula is C22H23F5N8. The molecule has 0 aromatic carbocycles. The van der Waals surface area contributed by atoms with E-state index >= 15 is 0 Å². The zero-order valence-corrected chi connectivity index (χ0v) is 19.0. The summed E-state index contributed by atoms with van der Waals surface area (Å²) in [7, 11) is 0. The molecule has 0 saturated carbocycles. The molecule has 0 radical (unpaired) electrons. The van der Waals surface area contributed by atoms with Crippen LogP contribution in [0.2, 0.25) is 0 Å². The lowest BCUT2D eigenvalue weighted by Gasteiger charge is -2.38. The van der Waals surface area contributed by atoms with Crippen LogP contribution < -0.4 is 10.2 Å². The van der Waals surface area contributed by atoms with Crippen molar-refractivity contribution in [2.24, 2.45) is 0 Å². The Morgan fingerprint density at radius 2 is 1.91 bits per heavy atom. The Kier molecular flexibility index (Phi) is 5.82. The van der Waals surface area contributed by atoms with Gasteiger partial charge in [0.15, 0.2) is 17.5 Å². The van der Waals surface area contributed by atoms with E-state index in [4.69, 9.17) is 0 Å². The SMILES string of the molecule is Cc1c(F)c(F)nc(Nc2cc(C3CCN(C(C)c4cc[nH]n4)C3)nc(N3CC(F)(F)C3)n2)c1F. The molecule has 5 rings (SSSR count). The van der Waals surface area contributed by atoms with Crippen molar-refractivity contribution in [1.29, 1.82) is 0 Å². The number of nitrogens with zero attached hydrogens (tertiary/aromatic N) is 6. The molecule has 0 bridgehead atoms. The Bertz CT molecular complexity index is 1230. The predicted octanol–water partition coefficient (Wildman–Crippen LogP) is 4.07. The summed E-state index contributed by atoms with van der Waals surface area (Å²) in [5, 5.41) is 9.62.